The molecule has 5 aliphatic rings. The number of ether oxygens (including phenoxy) is 3. The summed E-state index contributed by atoms with van der Waals surface area (Å²) in [6, 6.07) is 12.8. The van der Waals surface area contributed by atoms with Crippen LogP contribution in [-0.2, 0) is 11.3 Å². The molecule has 2 atom stereocenters. The van der Waals surface area contributed by atoms with E-state index >= 15 is 0 Å². The molecule has 0 radical (unpaired) electrons. The second kappa shape index (κ2) is 10.6. The van der Waals surface area contributed by atoms with Crippen LogP contribution in [0.2, 0.25) is 0 Å². The molecule has 2 amide bonds. The van der Waals surface area contributed by atoms with Crippen molar-refractivity contribution in [3.63, 3.8) is 0 Å². The third kappa shape index (κ3) is 6.18. The fourth-order valence-corrected chi connectivity index (χ4v) is 5.18. The van der Waals surface area contributed by atoms with E-state index in [4.69, 9.17) is 14.2 Å². The van der Waals surface area contributed by atoms with Crippen molar-refractivity contribution in [2.45, 2.75) is 50.8 Å². The first kappa shape index (κ1) is 24.1. The number of rotatable bonds is 5. The molecule has 2 aliphatic carbocycles. The summed E-state index contributed by atoms with van der Waals surface area (Å²) in [4.78, 5) is 28.3. The van der Waals surface area contributed by atoms with E-state index in [1.807, 2.05) is 24.3 Å². The lowest BCUT2D eigenvalue weighted by Crippen LogP contribution is -2.45. The lowest BCUT2D eigenvalue weighted by molar-refractivity contribution is -0.123. The Balaban J connectivity index is 1.25. The summed E-state index contributed by atoms with van der Waals surface area (Å²) in [6.45, 7) is 3.46. The molecule has 0 aromatic heterocycles. The molecule has 196 valence electrons. The van der Waals surface area contributed by atoms with E-state index in [1.54, 1.807) is 18.2 Å². The van der Waals surface area contributed by atoms with Crippen LogP contribution in [0, 0.1) is 11.8 Å². The number of amides is 2. The van der Waals surface area contributed by atoms with Crippen molar-refractivity contribution in [3.8, 4) is 17.2 Å². The van der Waals surface area contributed by atoms with Crippen molar-refractivity contribution in [3.05, 3.63) is 53.6 Å². The van der Waals surface area contributed by atoms with Crippen LogP contribution in [-0.4, -0.2) is 61.7 Å². The molecule has 2 aromatic carbocycles. The molecule has 3 fully saturated rings. The summed E-state index contributed by atoms with van der Waals surface area (Å²) in [5.41, 5.74) is 1.43. The average Bonchev–Trinajstić information content (AvgIpc) is 3.64. The normalized spacial score (nSPS) is 24.6. The van der Waals surface area contributed by atoms with E-state index in [-0.39, 0.29) is 30.6 Å². The van der Waals surface area contributed by atoms with Gasteiger partial charge in [-0.1, -0.05) is 18.6 Å². The van der Waals surface area contributed by atoms with Crippen LogP contribution in [0.3, 0.4) is 0 Å². The van der Waals surface area contributed by atoms with Gasteiger partial charge in [0.05, 0.1) is 12.6 Å². The monoisotopic (exact) mass is 505 g/mol. The van der Waals surface area contributed by atoms with Gasteiger partial charge in [-0.3, -0.25) is 14.5 Å². The minimum Gasteiger partial charge on any atom is -0.493 e. The minimum absolute atomic E-state index is 0.144. The topological polar surface area (TPSA) is 89.1 Å². The molecule has 0 spiro atoms. The number of hydrogen-bond donors (Lipinski definition) is 2. The smallest absolute Gasteiger partial charge is 0.258 e. The average molecular weight is 506 g/mol. The Morgan fingerprint density at radius 2 is 1.78 bits per heavy atom. The van der Waals surface area contributed by atoms with Crippen molar-refractivity contribution in [2.75, 3.05) is 32.8 Å². The molecule has 7 rings (SSSR count). The van der Waals surface area contributed by atoms with Crippen LogP contribution in [0.5, 0.6) is 17.2 Å². The predicted octanol–water partition coefficient (Wildman–Crippen LogP) is 3.15. The number of benzene rings is 2. The molecule has 8 heteroatoms. The van der Waals surface area contributed by atoms with Crippen molar-refractivity contribution >= 4 is 11.8 Å². The number of nitrogens with one attached hydrogen (secondary N) is 2. The summed E-state index contributed by atoms with van der Waals surface area (Å²) in [5.74, 6) is 2.66. The molecule has 8 nitrogen and oxygen atoms in total. The highest BCUT2D eigenvalue weighted by atomic mass is 16.5. The SMILES string of the molecule is O=C1COc2cc(OCC3CC3)cc(c2)C(=O)N[C@H]2CN(CC3CCC3)C[C@@H]2Oc2ccc(cc2)CN1. The van der Waals surface area contributed by atoms with E-state index in [9.17, 15) is 9.59 Å². The first-order valence-corrected chi connectivity index (χ1v) is 13.5. The summed E-state index contributed by atoms with van der Waals surface area (Å²) in [6.07, 6.45) is 6.07. The van der Waals surface area contributed by atoms with Gasteiger partial charge in [-0.25, -0.2) is 0 Å². The van der Waals surface area contributed by atoms with Gasteiger partial charge in [0.1, 0.15) is 23.4 Å². The molecule has 3 aliphatic heterocycles. The minimum atomic E-state index is -0.235. The first-order valence-electron chi connectivity index (χ1n) is 13.5. The van der Waals surface area contributed by atoms with Crippen molar-refractivity contribution in [1.29, 1.82) is 0 Å². The number of fused-ring (bicyclic) bond motifs is 7. The summed E-state index contributed by atoms with van der Waals surface area (Å²) < 4.78 is 18.2. The maximum Gasteiger partial charge on any atom is 0.258 e. The van der Waals surface area contributed by atoms with Gasteiger partial charge in [0.15, 0.2) is 6.61 Å². The Kier molecular flexibility index (Phi) is 6.91. The molecule has 2 aromatic rings. The highest BCUT2D eigenvalue weighted by Crippen LogP contribution is 2.32. The Morgan fingerprint density at radius 3 is 2.54 bits per heavy atom. The lowest BCUT2D eigenvalue weighted by atomic mass is 9.85. The van der Waals surface area contributed by atoms with E-state index in [1.165, 1.54) is 32.1 Å². The third-order valence-electron chi connectivity index (χ3n) is 7.79. The molecule has 37 heavy (non-hydrogen) atoms. The highest BCUT2D eigenvalue weighted by molar-refractivity contribution is 5.95. The van der Waals surface area contributed by atoms with Gasteiger partial charge in [0.2, 0.25) is 0 Å². The molecule has 4 bridgehead atoms. The zero-order chi connectivity index (χ0) is 25.2. The standard InChI is InChI=1S/C29H35N3O5/c33-28-18-36-25-11-22(10-24(12-25)35-17-21-4-5-21)29(34)31-26-15-32(14-20-2-1-3-20)16-27(26)37-23-8-6-19(7-9-23)13-30-28/h6-12,20-21,26-27H,1-5,13-18H2,(H,30,33)(H,31,34)/t26-,27-/m0/s1. The van der Waals surface area contributed by atoms with E-state index in [0.29, 0.717) is 36.1 Å². The second-order valence-electron chi connectivity index (χ2n) is 10.9. The highest BCUT2D eigenvalue weighted by Gasteiger charge is 2.37. The second-order valence-corrected chi connectivity index (χ2v) is 10.9. The van der Waals surface area contributed by atoms with Crippen LogP contribution in [0.25, 0.3) is 0 Å². The van der Waals surface area contributed by atoms with Gasteiger partial charge in [-0.05, 0) is 67.3 Å². The molecular formula is C29H35N3O5. The molecule has 2 N–H and O–H groups in total. The van der Waals surface area contributed by atoms with Crippen LogP contribution >= 0.6 is 0 Å². The van der Waals surface area contributed by atoms with Crippen molar-refractivity contribution in [1.82, 2.24) is 15.5 Å². The fraction of sp³-hybridized carbons (Fsp3) is 0.517. The largest absolute Gasteiger partial charge is 0.493 e. The fourth-order valence-electron chi connectivity index (χ4n) is 5.18. The number of hydrogen-bond acceptors (Lipinski definition) is 6. The number of carbonyl (C=O) groups excluding carboxylic acids is 2. The Bertz CT molecular complexity index is 1130. The van der Waals surface area contributed by atoms with E-state index < -0.39 is 0 Å². The summed E-state index contributed by atoms with van der Waals surface area (Å²) >= 11 is 0. The quantitative estimate of drug-likeness (QED) is 0.649. The molecule has 0 unspecified atom stereocenters. The summed E-state index contributed by atoms with van der Waals surface area (Å²) in [5, 5.41) is 6.11. The van der Waals surface area contributed by atoms with Gasteiger partial charge < -0.3 is 24.8 Å². The van der Waals surface area contributed by atoms with Gasteiger partial charge in [-0.15, -0.1) is 0 Å². The van der Waals surface area contributed by atoms with E-state index in [2.05, 4.69) is 15.5 Å². The number of carbonyl (C=O) groups is 2. The molecule has 1 saturated heterocycles. The molecule has 3 heterocycles. The number of likely N-dealkylation sites (tertiary alicyclic amines) is 1. The van der Waals surface area contributed by atoms with Gasteiger partial charge >= 0.3 is 0 Å². The zero-order valence-electron chi connectivity index (χ0n) is 21.1. The van der Waals surface area contributed by atoms with Crippen LogP contribution < -0.4 is 24.8 Å². The molecular weight excluding hydrogens is 470 g/mol. The maximum absolute atomic E-state index is 13.5. The van der Waals surface area contributed by atoms with Gasteiger partial charge in [-0.2, -0.15) is 0 Å². The van der Waals surface area contributed by atoms with Crippen LogP contribution in [0.15, 0.2) is 42.5 Å². The molecule has 2 saturated carbocycles. The zero-order valence-corrected chi connectivity index (χ0v) is 21.1. The van der Waals surface area contributed by atoms with Crippen molar-refractivity contribution < 1.29 is 23.8 Å². The Hall–Kier alpha value is -3.26. The summed E-state index contributed by atoms with van der Waals surface area (Å²) in [7, 11) is 0. The Morgan fingerprint density at radius 1 is 0.946 bits per heavy atom. The first-order chi connectivity index (χ1) is 18.1. The van der Waals surface area contributed by atoms with Gasteiger partial charge in [0, 0.05) is 37.8 Å². The predicted molar refractivity (Wildman–Crippen MR) is 138 cm³/mol. The Labute approximate surface area is 217 Å². The van der Waals surface area contributed by atoms with Crippen LogP contribution in [0.1, 0.15) is 48.0 Å². The third-order valence-corrected chi connectivity index (χ3v) is 7.79. The maximum atomic E-state index is 13.5. The van der Waals surface area contributed by atoms with E-state index in [0.717, 1.165) is 36.9 Å². The van der Waals surface area contributed by atoms with Gasteiger partial charge in [0.25, 0.3) is 11.8 Å². The lowest BCUT2D eigenvalue weighted by Gasteiger charge is -2.29. The van der Waals surface area contributed by atoms with Crippen LogP contribution in [0.4, 0.5) is 0 Å². The van der Waals surface area contributed by atoms with Crippen molar-refractivity contribution in [2.24, 2.45) is 11.8 Å². The number of nitrogens with zero attached hydrogens (tertiary/aromatic N) is 1.